The minimum absolute atomic E-state index is 0.0515. The maximum absolute atomic E-state index is 10.9. The lowest BCUT2D eigenvalue weighted by Gasteiger charge is -2.28. The van der Waals surface area contributed by atoms with Crippen LogP contribution in [0.1, 0.15) is 13.3 Å². The number of rotatable bonds is 1. The van der Waals surface area contributed by atoms with Crippen molar-refractivity contribution in [1.29, 1.82) is 0 Å². The molecule has 12 heavy (non-hydrogen) atoms. The summed E-state index contributed by atoms with van der Waals surface area (Å²) in [5.74, 6) is 0. The van der Waals surface area contributed by atoms with Crippen LogP contribution in [0.15, 0.2) is 0 Å². The molecule has 68 valence electrons. The summed E-state index contributed by atoms with van der Waals surface area (Å²) in [5.41, 5.74) is 4.89. The van der Waals surface area contributed by atoms with Crippen molar-refractivity contribution in [3.05, 3.63) is 0 Å². The zero-order valence-corrected chi connectivity index (χ0v) is 6.76. The lowest BCUT2D eigenvalue weighted by molar-refractivity contribution is 0.211. The Labute approximate surface area is 69.9 Å². The van der Waals surface area contributed by atoms with Crippen LogP contribution in [0.5, 0.6) is 0 Å². The predicted molar refractivity (Wildman–Crippen MR) is 42.3 cm³/mol. The topological polar surface area (TPSA) is 96.2 Å². The first-order valence-electron chi connectivity index (χ1n) is 3.71. The van der Waals surface area contributed by atoms with Crippen LogP contribution in [0.4, 0.5) is 9.59 Å². The molecule has 1 saturated heterocycles. The minimum atomic E-state index is -0.630. The molecular weight excluding hydrogens is 160 g/mol. The standard InChI is InChI=1S/C6H12N4O2/c1-3-2-4(9-5(7)11)10-6(12)8-3/h3-4H,2H2,1H3,(H3,7,9,11)(H2,8,10,12)/t3-,4-/m1/s1. The average molecular weight is 172 g/mol. The molecule has 1 rings (SSSR count). The van der Waals surface area contributed by atoms with Crippen molar-refractivity contribution in [2.45, 2.75) is 25.6 Å². The van der Waals surface area contributed by atoms with Gasteiger partial charge in [0.25, 0.3) is 0 Å². The fourth-order valence-electron chi connectivity index (χ4n) is 1.16. The van der Waals surface area contributed by atoms with Gasteiger partial charge in [-0.3, -0.25) is 0 Å². The van der Waals surface area contributed by atoms with Gasteiger partial charge in [0.2, 0.25) is 0 Å². The summed E-state index contributed by atoms with van der Waals surface area (Å²) in [6.45, 7) is 1.86. The summed E-state index contributed by atoms with van der Waals surface area (Å²) in [7, 11) is 0. The molecule has 1 aliphatic rings. The lowest BCUT2D eigenvalue weighted by Crippen LogP contribution is -2.60. The van der Waals surface area contributed by atoms with E-state index >= 15 is 0 Å². The number of urea groups is 2. The fraction of sp³-hybridized carbons (Fsp3) is 0.667. The predicted octanol–water partition coefficient (Wildman–Crippen LogP) is -0.928. The van der Waals surface area contributed by atoms with Gasteiger partial charge in [0, 0.05) is 12.5 Å². The van der Waals surface area contributed by atoms with E-state index in [2.05, 4.69) is 16.0 Å². The Balaban J connectivity index is 2.44. The molecule has 1 fully saturated rings. The molecule has 0 radical (unpaired) electrons. The smallest absolute Gasteiger partial charge is 0.316 e. The van der Waals surface area contributed by atoms with E-state index in [1.165, 1.54) is 0 Å². The first-order chi connectivity index (χ1) is 5.58. The molecule has 0 aliphatic carbocycles. The van der Waals surface area contributed by atoms with E-state index in [-0.39, 0.29) is 18.2 Å². The molecule has 0 aromatic heterocycles. The van der Waals surface area contributed by atoms with Crippen LogP contribution in [0.25, 0.3) is 0 Å². The quantitative estimate of drug-likeness (QED) is 0.411. The Morgan fingerprint density at radius 1 is 1.67 bits per heavy atom. The molecule has 0 saturated carbocycles. The summed E-state index contributed by atoms with van der Waals surface area (Å²) < 4.78 is 0. The highest BCUT2D eigenvalue weighted by Gasteiger charge is 2.22. The number of primary amides is 1. The molecule has 1 heterocycles. The lowest BCUT2D eigenvalue weighted by atomic mass is 10.1. The van der Waals surface area contributed by atoms with Crippen LogP contribution < -0.4 is 21.7 Å². The zero-order chi connectivity index (χ0) is 9.14. The van der Waals surface area contributed by atoms with Crippen molar-refractivity contribution in [2.24, 2.45) is 5.73 Å². The molecule has 0 aromatic carbocycles. The number of carbonyl (C=O) groups excluding carboxylic acids is 2. The molecule has 6 heteroatoms. The Kier molecular flexibility index (Phi) is 2.37. The van der Waals surface area contributed by atoms with Gasteiger partial charge in [-0.2, -0.15) is 0 Å². The molecular formula is C6H12N4O2. The van der Waals surface area contributed by atoms with Crippen LogP contribution in [0.3, 0.4) is 0 Å². The van der Waals surface area contributed by atoms with Gasteiger partial charge in [0.1, 0.15) is 6.17 Å². The first kappa shape index (κ1) is 8.63. The van der Waals surface area contributed by atoms with E-state index in [0.717, 1.165) is 0 Å². The van der Waals surface area contributed by atoms with Gasteiger partial charge >= 0.3 is 12.1 Å². The van der Waals surface area contributed by atoms with E-state index in [1.807, 2.05) is 6.92 Å². The summed E-state index contributed by atoms with van der Waals surface area (Å²) in [6.07, 6.45) is 0.278. The molecule has 4 amide bonds. The van der Waals surface area contributed by atoms with Gasteiger partial charge in [0.05, 0.1) is 0 Å². The highest BCUT2D eigenvalue weighted by atomic mass is 16.2. The van der Waals surface area contributed by atoms with Gasteiger partial charge in [0.15, 0.2) is 0 Å². The van der Waals surface area contributed by atoms with Crippen LogP contribution in [0.2, 0.25) is 0 Å². The zero-order valence-electron chi connectivity index (χ0n) is 6.76. The molecule has 0 unspecified atom stereocenters. The summed E-state index contributed by atoms with van der Waals surface area (Å²) in [4.78, 5) is 21.3. The summed E-state index contributed by atoms with van der Waals surface area (Å²) >= 11 is 0. The average Bonchev–Trinajstić information content (AvgIpc) is 1.81. The first-order valence-corrected chi connectivity index (χ1v) is 3.71. The van der Waals surface area contributed by atoms with E-state index < -0.39 is 6.03 Å². The fourth-order valence-corrected chi connectivity index (χ4v) is 1.16. The van der Waals surface area contributed by atoms with Crippen molar-refractivity contribution in [3.8, 4) is 0 Å². The maximum Gasteiger partial charge on any atom is 0.316 e. The third-order valence-corrected chi connectivity index (χ3v) is 1.59. The molecule has 5 N–H and O–H groups in total. The van der Waals surface area contributed by atoms with Gasteiger partial charge in [-0.05, 0) is 6.92 Å². The number of carbonyl (C=O) groups is 2. The SMILES string of the molecule is C[C@@H]1C[C@H](NC(N)=O)NC(=O)N1. The van der Waals surface area contributed by atoms with Crippen LogP contribution >= 0.6 is 0 Å². The third kappa shape index (κ3) is 2.30. The molecule has 0 aromatic rings. The number of nitrogens with one attached hydrogen (secondary N) is 3. The number of nitrogens with two attached hydrogens (primary N) is 1. The van der Waals surface area contributed by atoms with E-state index in [0.29, 0.717) is 6.42 Å². The highest BCUT2D eigenvalue weighted by molar-refractivity contribution is 5.77. The van der Waals surface area contributed by atoms with Crippen molar-refractivity contribution in [2.75, 3.05) is 0 Å². The van der Waals surface area contributed by atoms with Crippen LogP contribution in [-0.4, -0.2) is 24.3 Å². The Hall–Kier alpha value is -1.46. The summed E-state index contributed by atoms with van der Waals surface area (Å²) in [6, 6.07) is -0.863. The third-order valence-electron chi connectivity index (χ3n) is 1.59. The molecule has 0 spiro atoms. The van der Waals surface area contributed by atoms with E-state index in [1.54, 1.807) is 0 Å². The normalized spacial score (nSPS) is 28.6. The van der Waals surface area contributed by atoms with Crippen molar-refractivity contribution in [3.63, 3.8) is 0 Å². The van der Waals surface area contributed by atoms with Gasteiger partial charge < -0.3 is 21.7 Å². The van der Waals surface area contributed by atoms with Crippen molar-refractivity contribution < 1.29 is 9.59 Å². The maximum atomic E-state index is 10.9. The van der Waals surface area contributed by atoms with Gasteiger partial charge in [-0.15, -0.1) is 0 Å². The van der Waals surface area contributed by atoms with E-state index in [9.17, 15) is 9.59 Å². The second kappa shape index (κ2) is 3.29. The molecule has 1 aliphatic heterocycles. The molecule has 6 nitrogen and oxygen atoms in total. The molecule has 0 bridgehead atoms. The minimum Gasteiger partial charge on any atom is -0.352 e. The monoisotopic (exact) mass is 172 g/mol. The Morgan fingerprint density at radius 2 is 2.33 bits per heavy atom. The van der Waals surface area contributed by atoms with Crippen molar-refractivity contribution >= 4 is 12.1 Å². The number of hydrogen-bond donors (Lipinski definition) is 4. The second-order valence-electron chi connectivity index (χ2n) is 2.82. The Morgan fingerprint density at radius 3 is 2.83 bits per heavy atom. The Bertz CT molecular complexity index is 204. The van der Waals surface area contributed by atoms with Crippen LogP contribution in [0, 0.1) is 0 Å². The van der Waals surface area contributed by atoms with Gasteiger partial charge in [-0.25, -0.2) is 9.59 Å². The summed E-state index contributed by atoms with van der Waals surface area (Å²) in [5, 5.41) is 7.57. The molecule has 2 atom stereocenters. The van der Waals surface area contributed by atoms with Crippen LogP contribution in [-0.2, 0) is 0 Å². The highest BCUT2D eigenvalue weighted by Crippen LogP contribution is 2.00. The largest absolute Gasteiger partial charge is 0.352 e. The second-order valence-corrected chi connectivity index (χ2v) is 2.82. The van der Waals surface area contributed by atoms with E-state index in [4.69, 9.17) is 5.73 Å². The van der Waals surface area contributed by atoms with Gasteiger partial charge in [-0.1, -0.05) is 0 Å². The van der Waals surface area contributed by atoms with Crippen molar-refractivity contribution in [1.82, 2.24) is 16.0 Å². The number of hydrogen-bond acceptors (Lipinski definition) is 2. The number of amides is 4.